The van der Waals surface area contributed by atoms with Crippen molar-refractivity contribution >= 4 is 37.5 Å². The Bertz CT molecular complexity index is 765. The third kappa shape index (κ3) is 2.33. The molecule has 0 radical (unpaired) electrons. The Morgan fingerprint density at radius 1 is 1.42 bits per heavy atom. The van der Waals surface area contributed by atoms with Gasteiger partial charge in [0.15, 0.2) is 5.82 Å². The highest BCUT2D eigenvalue weighted by Crippen LogP contribution is 2.28. The van der Waals surface area contributed by atoms with E-state index in [4.69, 9.17) is 0 Å². The minimum atomic E-state index is -3.62. The van der Waals surface area contributed by atoms with Crippen LogP contribution < -0.4 is 4.72 Å². The number of benzene rings is 1. The standard InChI is InChI=1S/C11H9FN2O3S2/c12-8-3-6(4-9-10(8)13-5-18-9)11(15)14-19(16,17)7-1-2-7/h3-5,7H,1-2H2,(H,14,15). The summed E-state index contributed by atoms with van der Waals surface area (Å²) in [6, 6.07) is 2.44. The zero-order valence-electron chi connectivity index (χ0n) is 9.59. The number of carbonyl (C=O) groups excluding carboxylic acids is 1. The van der Waals surface area contributed by atoms with Gasteiger partial charge >= 0.3 is 0 Å². The topological polar surface area (TPSA) is 76.1 Å². The smallest absolute Gasteiger partial charge is 0.264 e. The van der Waals surface area contributed by atoms with Gasteiger partial charge in [-0.15, -0.1) is 11.3 Å². The molecule has 1 amide bonds. The fourth-order valence-electron chi connectivity index (χ4n) is 1.71. The normalized spacial score (nSPS) is 15.6. The van der Waals surface area contributed by atoms with E-state index >= 15 is 0 Å². The maximum absolute atomic E-state index is 13.7. The first-order chi connectivity index (χ1) is 8.97. The maximum atomic E-state index is 13.7. The number of nitrogens with zero attached hydrogens (tertiary/aromatic N) is 1. The van der Waals surface area contributed by atoms with Gasteiger partial charge in [-0.1, -0.05) is 0 Å². The number of hydrogen-bond donors (Lipinski definition) is 1. The molecule has 2 aromatic rings. The van der Waals surface area contributed by atoms with Gasteiger partial charge in [-0.3, -0.25) is 4.79 Å². The molecule has 0 saturated heterocycles. The Hall–Kier alpha value is -1.54. The van der Waals surface area contributed by atoms with E-state index in [1.807, 2.05) is 4.72 Å². The largest absolute Gasteiger partial charge is 0.268 e. The Labute approximate surface area is 112 Å². The molecule has 1 aliphatic carbocycles. The third-order valence-corrected chi connectivity index (χ3v) is 5.45. The third-order valence-electron chi connectivity index (χ3n) is 2.85. The molecule has 0 unspecified atom stereocenters. The lowest BCUT2D eigenvalue weighted by Crippen LogP contribution is -2.33. The zero-order valence-corrected chi connectivity index (χ0v) is 11.2. The van der Waals surface area contributed by atoms with Crippen molar-refractivity contribution < 1.29 is 17.6 Å². The van der Waals surface area contributed by atoms with Crippen LogP contribution in [-0.2, 0) is 10.0 Å². The molecule has 0 spiro atoms. The molecule has 1 aliphatic rings. The van der Waals surface area contributed by atoms with Crippen LogP contribution in [0.2, 0.25) is 0 Å². The summed E-state index contributed by atoms with van der Waals surface area (Å²) in [6.45, 7) is 0. The number of rotatable bonds is 3. The van der Waals surface area contributed by atoms with Gasteiger partial charge in [-0.25, -0.2) is 22.5 Å². The van der Waals surface area contributed by atoms with Crippen LogP contribution in [0.3, 0.4) is 0 Å². The summed E-state index contributed by atoms with van der Waals surface area (Å²) in [6.07, 6.45) is 1.12. The second kappa shape index (κ2) is 4.24. The van der Waals surface area contributed by atoms with Crippen LogP contribution >= 0.6 is 11.3 Å². The van der Waals surface area contributed by atoms with Crippen molar-refractivity contribution in [2.45, 2.75) is 18.1 Å². The van der Waals surface area contributed by atoms with Gasteiger partial charge in [0, 0.05) is 5.56 Å². The molecule has 100 valence electrons. The second-order valence-corrected chi connectivity index (χ2v) is 7.18. The zero-order chi connectivity index (χ0) is 13.6. The molecule has 0 aliphatic heterocycles. The van der Waals surface area contributed by atoms with Crippen LogP contribution in [-0.4, -0.2) is 24.6 Å². The van der Waals surface area contributed by atoms with E-state index in [1.165, 1.54) is 22.9 Å². The molecule has 1 heterocycles. The first kappa shape index (κ1) is 12.5. The minimum Gasteiger partial charge on any atom is -0.268 e. The molecular weight excluding hydrogens is 291 g/mol. The molecule has 1 N–H and O–H groups in total. The molecule has 1 aromatic heterocycles. The maximum Gasteiger partial charge on any atom is 0.264 e. The summed E-state index contributed by atoms with van der Waals surface area (Å²) in [5, 5.41) is -0.492. The Morgan fingerprint density at radius 3 is 2.84 bits per heavy atom. The number of thiazole rings is 1. The van der Waals surface area contributed by atoms with E-state index < -0.39 is 27.0 Å². The Kier molecular flexibility index (Phi) is 2.79. The predicted molar refractivity (Wildman–Crippen MR) is 69.0 cm³/mol. The van der Waals surface area contributed by atoms with Crippen LogP contribution in [0.15, 0.2) is 17.6 Å². The van der Waals surface area contributed by atoms with Crippen molar-refractivity contribution in [3.63, 3.8) is 0 Å². The average molecular weight is 300 g/mol. The van der Waals surface area contributed by atoms with Crippen LogP contribution in [0.5, 0.6) is 0 Å². The fraction of sp³-hybridized carbons (Fsp3) is 0.273. The number of halogens is 1. The highest BCUT2D eigenvalue weighted by molar-refractivity contribution is 7.91. The number of hydrogen-bond acceptors (Lipinski definition) is 5. The van der Waals surface area contributed by atoms with Gasteiger partial charge in [0.2, 0.25) is 10.0 Å². The van der Waals surface area contributed by atoms with E-state index in [-0.39, 0.29) is 11.1 Å². The number of amides is 1. The predicted octanol–water partition coefficient (Wildman–Crippen LogP) is 1.66. The molecule has 8 heteroatoms. The fourth-order valence-corrected chi connectivity index (χ4v) is 3.73. The Morgan fingerprint density at radius 2 is 2.16 bits per heavy atom. The van der Waals surface area contributed by atoms with E-state index in [0.717, 1.165) is 6.07 Å². The summed E-state index contributed by atoms with van der Waals surface area (Å²) in [5.74, 6) is -1.44. The lowest BCUT2D eigenvalue weighted by molar-refractivity contribution is 0.0981. The number of nitrogens with one attached hydrogen (secondary N) is 1. The van der Waals surface area contributed by atoms with E-state index in [9.17, 15) is 17.6 Å². The monoisotopic (exact) mass is 300 g/mol. The van der Waals surface area contributed by atoms with Crippen LogP contribution in [0.4, 0.5) is 4.39 Å². The van der Waals surface area contributed by atoms with Gasteiger partial charge < -0.3 is 0 Å². The number of carbonyl (C=O) groups is 1. The van der Waals surface area contributed by atoms with E-state index in [1.54, 1.807) is 0 Å². The highest BCUT2D eigenvalue weighted by atomic mass is 32.2. The van der Waals surface area contributed by atoms with E-state index in [0.29, 0.717) is 17.5 Å². The molecule has 1 aromatic carbocycles. The molecule has 1 saturated carbocycles. The van der Waals surface area contributed by atoms with Gasteiger partial charge in [0.05, 0.1) is 15.5 Å². The van der Waals surface area contributed by atoms with Crippen molar-refractivity contribution in [1.29, 1.82) is 0 Å². The number of aromatic nitrogens is 1. The summed E-state index contributed by atoms with van der Waals surface area (Å²) in [7, 11) is -3.62. The first-order valence-corrected chi connectivity index (χ1v) is 7.99. The van der Waals surface area contributed by atoms with Crippen molar-refractivity contribution in [3.8, 4) is 0 Å². The van der Waals surface area contributed by atoms with Gasteiger partial charge in [0.1, 0.15) is 5.52 Å². The Balaban J connectivity index is 1.93. The molecule has 19 heavy (non-hydrogen) atoms. The van der Waals surface area contributed by atoms with Crippen molar-refractivity contribution in [2.75, 3.05) is 0 Å². The molecule has 1 fully saturated rings. The van der Waals surface area contributed by atoms with Crippen molar-refractivity contribution in [3.05, 3.63) is 29.0 Å². The first-order valence-electron chi connectivity index (χ1n) is 5.56. The summed E-state index contributed by atoms with van der Waals surface area (Å²) in [4.78, 5) is 15.7. The molecule has 0 bridgehead atoms. The van der Waals surface area contributed by atoms with Crippen molar-refractivity contribution in [2.24, 2.45) is 0 Å². The van der Waals surface area contributed by atoms with E-state index in [2.05, 4.69) is 4.98 Å². The number of fused-ring (bicyclic) bond motifs is 1. The summed E-state index contributed by atoms with van der Waals surface area (Å²) < 4.78 is 39.4. The van der Waals surface area contributed by atoms with Gasteiger partial charge in [0.25, 0.3) is 5.91 Å². The average Bonchev–Trinajstić information content (AvgIpc) is 3.09. The lowest BCUT2D eigenvalue weighted by atomic mass is 10.2. The number of sulfonamides is 1. The molecule has 3 rings (SSSR count). The van der Waals surface area contributed by atoms with Crippen LogP contribution in [0, 0.1) is 5.82 Å². The lowest BCUT2D eigenvalue weighted by Gasteiger charge is -2.05. The highest BCUT2D eigenvalue weighted by Gasteiger charge is 2.37. The molecular formula is C11H9FN2O3S2. The van der Waals surface area contributed by atoms with Crippen LogP contribution in [0.1, 0.15) is 23.2 Å². The summed E-state index contributed by atoms with van der Waals surface area (Å²) in [5.41, 5.74) is 1.64. The molecule has 0 atom stereocenters. The minimum absolute atomic E-state index is 0.0153. The van der Waals surface area contributed by atoms with Crippen LogP contribution in [0.25, 0.3) is 10.2 Å². The molecule has 5 nitrogen and oxygen atoms in total. The summed E-state index contributed by atoms with van der Waals surface area (Å²) >= 11 is 1.19. The van der Waals surface area contributed by atoms with Gasteiger partial charge in [-0.05, 0) is 25.0 Å². The van der Waals surface area contributed by atoms with Crippen molar-refractivity contribution in [1.82, 2.24) is 9.71 Å². The second-order valence-electron chi connectivity index (χ2n) is 4.33. The van der Waals surface area contributed by atoms with Gasteiger partial charge in [-0.2, -0.15) is 0 Å². The SMILES string of the molecule is O=C(NS(=O)(=O)C1CC1)c1cc(F)c2ncsc2c1. The quantitative estimate of drug-likeness (QED) is 0.935.